The van der Waals surface area contributed by atoms with E-state index in [-0.39, 0.29) is 51.9 Å². The molecule has 0 spiro atoms. The zero-order chi connectivity index (χ0) is 21.8. The van der Waals surface area contributed by atoms with Gasteiger partial charge in [-0.05, 0) is 13.8 Å². The molecule has 0 aromatic heterocycles. The molecule has 0 heterocycles. The van der Waals surface area contributed by atoms with Crippen LogP contribution in [-0.2, 0) is 20.0 Å². The molecule has 28 heavy (non-hydrogen) atoms. The van der Waals surface area contributed by atoms with Crippen molar-refractivity contribution in [2.24, 2.45) is 0 Å². The van der Waals surface area contributed by atoms with Gasteiger partial charge in [0.25, 0.3) is 0 Å². The maximum absolute atomic E-state index is 12.9. The third kappa shape index (κ3) is 7.07. The molecule has 154 valence electrons. The highest BCUT2D eigenvalue weighted by molar-refractivity contribution is 7.93. The molecule has 0 saturated heterocycles. The SMILES string of the molecule is CC(C(C)S(=O)(=O)N(CCC#N)CCC#N)S(=O)(=O)N(CCC#N)CCC#N. The predicted octanol–water partition coefficient (Wildman–Crippen LogP) is 0.682. The van der Waals surface area contributed by atoms with E-state index in [4.69, 9.17) is 21.0 Å². The Labute approximate surface area is 167 Å². The topological polar surface area (TPSA) is 170 Å². The Morgan fingerprint density at radius 1 is 0.607 bits per heavy atom. The third-order valence-electron chi connectivity index (χ3n) is 4.21. The fourth-order valence-corrected chi connectivity index (χ4v) is 6.52. The van der Waals surface area contributed by atoms with Gasteiger partial charge in [0, 0.05) is 51.9 Å². The fraction of sp³-hybridized carbons (Fsp3) is 0.750. The summed E-state index contributed by atoms with van der Waals surface area (Å²) < 4.78 is 53.5. The molecule has 0 aliphatic carbocycles. The van der Waals surface area contributed by atoms with E-state index in [9.17, 15) is 16.8 Å². The van der Waals surface area contributed by atoms with Crippen LogP contribution in [0.15, 0.2) is 0 Å². The summed E-state index contributed by atoms with van der Waals surface area (Å²) in [7, 11) is -8.21. The molecule has 0 fully saturated rings. The van der Waals surface area contributed by atoms with Gasteiger partial charge in [-0.3, -0.25) is 0 Å². The summed E-state index contributed by atoms with van der Waals surface area (Å²) in [5.41, 5.74) is 0. The number of nitrogens with zero attached hydrogens (tertiary/aromatic N) is 6. The maximum Gasteiger partial charge on any atom is 0.218 e. The summed E-state index contributed by atoms with van der Waals surface area (Å²) in [6.45, 7) is 1.98. The molecule has 0 bridgehead atoms. The largest absolute Gasteiger partial charge is 0.218 e. The molecule has 0 saturated carbocycles. The van der Waals surface area contributed by atoms with E-state index in [1.807, 2.05) is 24.3 Å². The normalized spacial score (nSPS) is 13.9. The van der Waals surface area contributed by atoms with Gasteiger partial charge in [0.2, 0.25) is 20.0 Å². The first kappa shape index (κ1) is 25.8. The molecular formula is C16H24N6O4S2. The van der Waals surface area contributed by atoms with Gasteiger partial charge in [-0.1, -0.05) is 0 Å². The Hall–Kier alpha value is -2.22. The minimum absolute atomic E-state index is 0.0883. The van der Waals surface area contributed by atoms with E-state index < -0.39 is 30.5 Å². The summed E-state index contributed by atoms with van der Waals surface area (Å²) in [6.07, 6.45) is -0.353. The summed E-state index contributed by atoms with van der Waals surface area (Å²) in [6, 6.07) is 7.33. The second-order valence-corrected chi connectivity index (χ2v) is 10.5. The van der Waals surface area contributed by atoms with Crippen molar-refractivity contribution in [1.29, 1.82) is 21.0 Å². The Bertz CT molecular complexity index is 764. The Kier molecular flexibility index (Phi) is 11.3. The molecule has 0 aromatic rings. The lowest BCUT2D eigenvalue weighted by Gasteiger charge is -2.31. The highest BCUT2D eigenvalue weighted by Crippen LogP contribution is 2.21. The lowest BCUT2D eigenvalue weighted by molar-refractivity contribution is 0.403. The van der Waals surface area contributed by atoms with Crippen LogP contribution in [0.25, 0.3) is 0 Å². The number of hydrogen-bond donors (Lipinski definition) is 0. The molecule has 2 unspecified atom stereocenters. The van der Waals surface area contributed by atoms with E-state index in [0.717, 1.165) is 8.61 Å². The van der Waals surface area contributed by atoms with Crippen molar-refractivity contribution in [1.82, 2.24) is 8.61 Å². The minimum atomic E-state index is -4.11. The number of rotatable bonds is 13. The summed E-state index contributed by atoms with van der Waals surface area (Å²) in [5, 5.41) is 32.2. The smallest absolute Gasteiger partial charge is 0.212 e. The monoisotopic (exact) mass is 428 g/mol. The first-order valence-electron chi connectivity index (χ1n) is 8.56. The average Bonchev–Trinajstić information content (AvgIpc) is 2.66. The van der Waals surface area contributed by atoms with Gasteiger partial charge in [0.05, 0.1) is 34.8 Å². The van der Waals surface area contributed by atoms with Crippen LogP contribution in [0.1, 0.15) is 39.5 Å². The van der Waals surface area contributed by atoms with E-state index in [2.05, 4.69) is 0 Å². The average molecular weight is 429 g/mol. The molecule has 0 aromatic carbocycles. The van der Waals surface area contributed by atoms with Crippen LogP contribution in [0.4, 0.5) is 0 Å². The summed E-state index contributed by atoms with van der Waals surface area (Å²) in [5.74, 6) is 0. The van der Waals surface area contributed by atoms with E-state index >= 15 is 0 Å². The molecule has 0 amide bonds. The van der Waals surface area contributed by atoms with Gasteiger partial charge < -0.3 is 0 Å². The van der Waals surface area contributed by atoms with Crippen molar-refractivity contribution in [3.63, 3.8) is 0 Å². The van der Waals surface area contributed by atoms with Crippen LogP contribution in [0, 0.1) is 45.3 Å². The lowest BCUT2D eigenvalue weighted by Crippen LogP contribution is -2.49. The van der Waals surface area contributed by atoms with Crippen molar-refractivity contribution in [2.45, 2.75) is 50.0 Å². The van der Waals surface area contributed by atoms with Crippen molar-refractivity contribution in [3.8, 4) is 24.3 Å². The van der Waals surface area contributed by atoms with Crippen molar-refractivity contribution in [3.05, 3.63) is 0 Å². The second kappa shape index (κ2) is 12.3. The van der Waals surface area contributed by atoms with Crippen LogP contribution >= 0.6 is 0 Å². The van der Waals surface area contributed by atoms with Gasteiger partial charge in [-0.15, -0.1) is 0 Å². The van der Waals surface area contributed by atoms with Gasteiger partial charge in [0.15, 0.2) is 0 Å². The zero-order valence-corrected chi connectivity index (χ0v) is 17.6. The molecule has 10 nitrogen and oxygen atoms in total. The zero-order valence-electron chi connectivity index (χ0n) is 15.9. The first-order valence-corrected chi connectivity index (χ1v) is 11.6. The van der Waals surface area contributed by atoms with Crippen molar-refractivity contribution >= 4 is 20.0 Å². The molecule has 0 aliphatic heterocycles. The molecule has 0 rings (SSSR count). The molecule has 12 heteroatoms. The van der Waals surface area contributed by atoms with Gasteiger partial charge in [-0.2, -0.15) is 29.7 Å². The third-order valence-corrected chi connectivity index (χ3v) is 9.25. The van der Waals surface area contributed by atoms with Crippen LogP contribution in [0.3, 0.4) is 0 Å². The Morgan fingerprint density at radius 2 is 0.821 bits per heavy atom. The standard InChI is InChI=1S/C16H24N6O4S2/c1-15(27(23,24)21(11-3-7-17)12-4-8-18)16(2)28(25,26)22(13-5-9-19)14-6-10-20/h15-16H,3-6,11-14H2,1-2H3. The second-order valence-electron chi connectivity index (χ2n) is 5.93. The molecule has 0 radical (unpaired) electrons. The van der Waals surface area contributed by atoms with Crippen LogP contribution in [-0.4, -0.2) is 62.1 Å². The van der Waals surface area contributed by atoms with E-state index in [1.54, 1.807) is 0 Å². The Balaban J connectivity index is 5.73. The maximum atomic E-state index is 12.9. The molecule has 2 atom stereocenters. The summed E-state index contributed by atoms with van der Waals surface area (Å²) in [4.78, 5) is 0. The minimum Gasteiger partial charge on any atom is -0.212 e. The van der Waals surface area contributed by atoms with Crippen LogP contribution < -0.4 is 0 Å². The lowest BCUT2D eigenvalue weighted by atomic mass is 10.4. The van der Waals surface area contributed by atoms with Gasteiger partial charge in [-0.25, -0.2) is 16.8 Å². The van der Waals surface area contributed by atoms with Gasteiger partial charge >= 0.3 is 0 Å². The van der Waals surface area contributed by atoms with Crippen LogP contribution in [0.2, 0.25) is 0 Å². The highest BCUT2D eigenvalue weighted by atomic mass is 32.2. The number of hydrogen-bond acceptors (Lipinski definition) is 8. The highest BCUT2D eigenvalue weighted by Gasteiger charge is 2.40. The Morgan fingerprint density at radius 3 is 1.00 bits per heavy atom. The van der Waals surface area contributed by atoms with E-state index in [1.165, 1.54) is 13.8 Å². The van der Waals surface area contributed by atoms with Gasteiger partial charge in [0.1, 0.15) is 0 Å². The predicted molar refractivity (Wildman–Crippen MR) is 101 cm³/mol. The van der Waals surface area contributed by atoms with Crippen LogP contribution in [0.5, 0.6) is 0 Å². The molecule has 0 N–H and O–H groups in total. The first-order chi connectivity index (χ1) is 13.1. The van der Waals surface area contributed by atoms with Crippen molar-refractivity contribution < 1.29 is 16.8 Å². The fourth-order valence-electron chi connectivity index (χ4n) is 2.39. The molecular weight excluding hydrogens is 404 g/mol. The molecule has 0 aliphatic rings. The quantitative estimate of drug-likeness (QED) is 0.412. The number of nitriles is 4. The number of sulfonamides is 2. The van der Waals surface area contributed by atoms with Crippen molar-refractivity contribution in [2.75, 3.05) is 26.2 Å². The van der Waals surface area contributed by atoms with E-state index in [0.29, 0.717) is 0 Å². The summed E-state index contributed by atoms with van der Waals surface area (Å²) >= 11 is 0.